The molecule has 2 rings (SSSR count). The Morgan fingerprint density at radius 3 is 2.70 bits per heavy atom. The van der Waals surface area contributed by atoms with E-state index in [2.05, 4.69) is 15.3 Å². The molecule has 6 nitrogen and oxygen atoms in total. The minimum atomic E-state index is -0.959. The maximum absolute atomic E-state index is 10.7. The first-order chi connectivity index (χ1) is 9.60. The first-order valence-corrected chi connectivity index (χ1v) is 5.90. The highest BCUT2D eigenvalue weighted by atomic mass is 16.4. The molecule has 0 saturated carbocycles. The normalized spacial score (nSPS) is 9.80. The summed E-state index contributed by atoms with van der Waals surface area (Å²) in [5, 5.41) is 20.8. The van der Waals surface area contributed by atoms with Crippen molar-refractivity contribution in [2.45, 2.75) is 13.5 Å². The number of anilines is 1. The summed E-state index contributed by atoms with van der Waals surface area (Å²) in [4.78, 5) is 19.0. The van der Waals surface area contributed by atoms with E-state index in [1.165, 1.54) is 12.1 Å². The van der Waals surface area contributed by atoms with Gasteiger partial charge < -0.3 is 10.4 Å². The fourth-order valence-corrected chi connectivity index (χ4v) is 1.60. The molecule has 0 aliphatic heterocycles. The van der Waals surface area contributed by atoms with Crippen LogP contribution in [0.15, 0.2) is 30.5 Å². The molecule has 0 aliphatic carbocycles. The molecule has 100 valence electrons. The molecule has 6 heteroatoms. The highest BCUT2D eigenvalue weighted by Crippen LogP contribution is 2.11. The second-order valence-electron chi connectivity index (χ2n) is 4.14. The number of carboxylic acid groups (broad SMARTS) is 1. The Labute approximate surface area is 115 Å². The summed E-state index contributed by atoms with van der Waals surface area (Å²) >= 11 is 0. The van der Waals surface area contributed by atoms with E-state index < -0.39 is 5.97 Å². The van der Waals surface area contributed by atoms with Crippen molar-refractivity contribution in [2.75, 3.05) is 5.32 Å². The van der Waals surface area contributed by atoms with Gasteiger partial charge in [-0.3, -0.25) is 4.98 Å². The summed E-state index contributed by atoms with van der Waals surface area (Å²) in [5.74, 6) is -0.959. The number of rotatable bonds is 4. The number of nitrogens with one attached hydrogen (secondary N) is 1. The molecule has 1 aromatic carbocycles. The number of nitriles is 1. The number of aryl methyl sites for hydroxylation is 1. The number of hydrogen-bond acceptors (Lipinski definition) is 5. The summed E-state index contributed by atoms with van der Waals surface area (Å²) in [7, 11) is 0. The summed E-state index contributed by atoms with van der Waals surface area (Å²) in [5.41, 5.74) is 2.57. The largest absolute Gasteiger partial charge is 0.478 e. The van der Waals surface area contributed by atoms with Gasteiger partial charge in [-0.2, -0.15) is 5.26 Å². The molecule has 2 N–H and O–H groups in total. The Balaban J connectivity index is 2.05. The van der Waals surface area contributed by atoms with Crippen LogP contribution in [0.4, 0.5) is 5.69 Å². The van der Waals surface area contributed by atoms with Gasteiger partial charge in [0.05, 0.1) is 29.7 Å². The van der Waals surface area contributed by atoms with Gasteiger partial charge >= 0.3 is 5.97 Å². The van der Waals surface area contributed by atoms with Gasteiger partial charge in [0, 0.05) is 5.69 Å². The fourth-order valence-electron chi connectivity index (χ4n) is 1.60. The van der Waals surface area contributed by atoms with Gasteiger partial charge in [0.15, 0.2) is 5.69 Å². The Bertz CT molecular complexity index is 675. The Hall–Kier alpha value is -2.94. The summed E-state index contributed by atoms with van der Waals surface area (Å²) in [6.07, 6.45) is 1.61. The lowest BCUT2D eigenvalue weighted by Gasteiger charge is -2.06. The minimum Gasteiger partial charge on any atom is -0.478 e. The third-order valence-corrected chi connectivity index (χ3v) is 2.72. The van der Waals surface area contributed by atoms with Gasteiger partial charge in [0.1, 0.15) is 6.07 Å². The lowest BCUT2D eigenvalue weighted by atomic mass is 10.2. The predicted molar refractivity (Wildman–Crippen MR) is 72.2 cm³/mol. The van der Waals surface area contributed by atoms with Crippen molar-refractivity contribution in [3.63, 3.8) is 0 Å². The van der Waals surface area contributed by atoms with Crippen molar-refractivity contribution in [2.24, 2.45) is 0 Å². The molecule has 0 aliphatic rings. The molecule has 0 radical (unpaired) electrons. The maximum atomic E-state index is 10.7. The van der Waals surface area contributed by atoms with Crippen molar-refractivity contribution in [3.05, 3.63) is 53.1 Å². The van der Waals surface area contributed by atoms with Crippen molar-refractivity contribution < 1.29 is 9.90 Å². The minimum absolute atomic E-state index is 0.234. The van der Waals surface area contributed by atoms with Crippen molar-refractivity contribution in [1.29, 1.82) is 5.26 Å². The van der Waals surface area contributed by atoms with Gasteiger partial charge in [-0.05, 0) is 31.2 Å². The topological polar surface area (TPSA) is 98.9 Å². The van der Waals surface area contributed by atoms with Gasteiger partial charge in [0.25, 0.3) is 0 Å². The van der Waals surface area contributed by atoms with E-state index >= 15 is 0 Å². The molecule has 0 fully saturated rings. The van der Waals surface area contributed by atoms with Crippen LogP contribution in [0.25, 0.3) is 0 Å². The summed E-state index contributed by atoms with van der Waals surface area (Å²) in [6.45, 7) is 2.14. The number of hydrogen-bond donors (Lipinski definition) is 2. The van der Waals surface area contributed by atoms with Gasteiger partial charge in [-0.15, -0.1) is 0 Å². The molecule has 20 heavy (non-hydrogen) atoms. The zero-order valence-electron chi connectivity index (χ0n) is 10.8. The summed E-state index contributed by atoms with van der Waals surface area (Å²) < 4.78 is 0. The quantitative estimate of drug-likeness (QED) is 0.879. The molecule has 0 amide bonds. The van der Waals surface area contributed by atoms with Gasteiger partial charge in [-0.25, -0.2) is 9.78 Å². The van der Waals surface area contributed by atoms with E-state index in [1.54, 1.807) is 25.3 Å². The van der Waals surface area contributed by atoms with E-state index in [9.17, 15) is 4.79 Å². The number of carboxylic acids is 1. The highest BCUT2D eigenvalue weighted by Gasteiger charge is 2.04. The molecule has 0 atom stereocenters. The van der Waals surface area contributed by atoms with E-state index in [4.69, 9.17) is 10.4 Å². The van der Waals surface area contributed by atoms with Crippen LogP contribution in [-0.4, -0.2) is 21.0 Å². The monoisotopic (exact) mass is 268 g/mol. The third-order valence-electron chi connectivity index (χ3n) is 2.72. The molecule has 1 aromatic heterocycles. The van der Waals surface area contributed by atoms with Crippen molar-refractivity contribution >= 4 is 11.7 Å². The Morgan fingerprint density at radius 1 is 1.40 bits per heavy atom. The number of aromatic nitrogens is 2. The molecule has 0 bridgehead atoms. The highest BCUT2D eigenvalue weighted by molar-refractivity contribution is 5.87. The van der Waals surface area contributed by atoms with Crippen LogP contribution in [0.2, 0.25) is 0 Å². The second-order valence-corrected chi connectivity index (χ2v) is 4.14. The molecule has 1 heterocycles. The van der Waals surface area contributed by atoms with Crippen LogP contribution in [0.3, 0.4) is 0 Å². The second kappa shape index (κ2) is 5.80. The van der Waals surface area contributed by atoms with Crippen LogP contribution in [-0.2, 0) is 6.54 Å². The van der Waals surface area contributed by atoms with Crippen LogP contribution in [0.1, 0.15) is 27.4 Å². The van der Waals surface area contributed by atoms with Crippen LogP contribution < -0.4 is 5.32 Å². The van der Waals surface area contributed by atoms with E-state index in [-0.39, 0.29) is 5.56 Å². The smallest absolute Gasteiger partial charge is 0.335 e. The van der Waals surface area contributed by atoms with Crippen LogP contribution >= 0.6 is 0 Å². The SMILES string of the molecule is Cc1ncc(CNc2ccc(C(=O)O)cc2)nc1C#N. The lowest BCUT2D eigenvalue weighted by Crippen LogP contribution is -2.05. The van der Waals surface area contributed by atoms with Gasteiger partial charge in [-0.1, -0.05) is 0 Å². The number of carbonyl (C=O) groups is 1. The van der Waals surface area contributed by atoms with E-state index in [0.29, 0.717) is 23.6 Å². The predicted octanol–water partition coefficient (Wildman–Crippen LogP) is 1.97. The number of benzene rings is 1. The van der Waals surface area contributed by atoms with E-state index in [1.807, 2.05) is 6.07 Å². The maximum Gasteiger partial charge on any atom is 0.335 e. The first-order valence-electron chi connectivity index (χ1n) is 5.90. The Kier molecular flexibility index (Phi) is 3.91. The first kappa shape index (κ1) is 13.5. The average molecular weight is 268 g/mol. The zero-order chi connectivity index (χ0) is 14.5. The standard InChI is InChI=1S/C14H12N4O2/c1-9-13(6-15)18-12(7-16-9)8-17-11-4-2-10(3-5-11)14(19)20/h2-5,7,17H,8H2,1H3,(H,19,20). The fraction of sp³-hybridized carbons (Fsp3) is 0.143. The molecule has 2 aromatic rings. The van der Waals surface area contributed by atoms with Crippen LogP contribution in [0.5, 0.6) is 0 Å². The average Bonchev–Trinajstić information content (AvgIpc) is 2.46. The molecular weight excluding hydrogens is 256 g/mol. The number of nitrogens with zero attached hydrogens (tertiary/aromatic N) is 3. The van der Waals surface area contributed by atoms with Crippen LogP contribution in [0, 0.1) is 18.3 Å². The Morgan fingerprint density at radius 2 is 2.10 bits per heavy atom. The van der Waals surface area contributed by atoms with Gasteiger partial charge in [0.2, 0.25) is 0 Å². The lowest BCUT2D eigenvalue weighted by molar-refractivity contribution is 0.0697. The summed E-state index contributed by atoms with van der Waals surface area (Å²) in [6, 6.07) is 8.38. The molecule has 0 spiro atoms. The van der Waals surface area contributed by atoms with E-state index in [0.717, 1.165) is 5.69 Å². The van der Waals surface area contributed by atoms with Crippen molar-refractivity contribution in [1.82, 2.24) is 9.97 Å². The third kappa shape index (κ3) is 3.09. The zero-order valence-corrected chi connectivity index (χ0v) is 10.8. The molecule has 0 unspecified atom stereocenters. The molecular formula is C14H12N4O2. The molecule has 0 saturated heterocycles. The number of aromatic carboxylic acids is 1. The van der Waals surface area contributed by atoms with Crippen molar-refractivity contribution in [3.8, 4) is 6.07 Å².